The summed E-state index contributed by atoms with van der Waals surface area (Å²) in [5.74, 6) is 0.793. The van der Waals surface area contributed by atoms with Crippen molar-refractivity contribution in [1.82, 2.24) is 0 Å². The number of halogens is 1. The Morgan fingerprint density at radius 3 is 2.30 bits per heavy atom. The fourth-order valence-electron chi connectivity index (χ4n) is 4.46. The summed E-state index contributed by atoms with van der Waals surface area (Å²) >= 11 is 8.22. The molecule has 0 radical (unpaired) electrons. The highest BCUT2D eigenvalue weighted by Gasteiger charge is 2.12. The Balaban J connectivity index is 1.46. The van der Waals surface area contributed by atoms with Gasteiger partial charge in [-0.25, -0.2) is 0 Å². The number of rotatable bonds is 18. The van der Waals surface area contributed by atoms with Crippen LogP contribution in [-0.4, -0.2) is 41.6 Å². The lowest BCUT2D eigenvalue weighted by Crippen LogP contribution is -2.07. The first kappa shape index (κ1) is 31.4. The van der Waals surface area contributed by atoms with Gasteiger partial charge in [0.1, 0.15) is 11.5 Å². The number of carboxylic acid groups (broad SMARTS) is 2. The number of unbranched alkanes of at least 4 members (excludes halogenated alkanes) is 3. The van der Waals surface area contributed by atoms with Crippen molar-refractivity contribution in [2.24, 2.45) is 0 Å². The molecule has 0 fully saturated rings. The van der Waals surface area contributed by atoms with Crippen molar-refractivity contribution < 1.29 is 29.3 Å². The molecule has 0 bridgehead atoms. The highest BCUT2D eigenvalue weighted by molar-refractivity contribution is 7.99. The summed E-state index contributed by atoms with van der Waals surface area (Å²) < 4.78 is 11.1. The van der Waals surface area contributed by atoms with Gasteiger partial charge >= 0.3 is 11.9 Å². The summed E-state index contributed by atoms with van der Waals surface area (Å²) in [7, 11) is 1.66. The van der Waals surface area contributed by atoms with Gasteiger partial charge in [-0.3, -0.25) is 9.59 Å². The molecule has 0 unspecified atom stereocenters. The van der Waals surface area contributed by atoms with Crippen LogP contribution in [-0.2, 0) is 22.4 Å². The van der Waals surface area contributed by atoms with E-state index in [0.29, 0.717) is 25.2 Å². The summed E-state index contributed by atoms with van der Waals surface area (Å²) in [5.41, 5.74) is 4.22. The first-order chi connectivity index (χ1) is 19.4. The third-order valence-corrected chi connectivity index (χ3v) is 7.80. The SMILES string of the molecule is COc1ccc(-c2cc(Cl)cc(SCCCCCCc3cccc(OCCCC(=O)O)c3CCC(=O)O)c2)cc1. The van der Waals surface area contributed by atoms with Gasteiger partial charge in [-0.15, -0.1) is 11.8 Å². The maximum atomic E-state index is 11.2. The molecule has 0 spiro atoms. The zero-order chi connectivity index (χ0) is 28.7. The molecule has 0 saturated carbocycles. The number of hydrogen-bond acceptors (Lipinski definition) is 5. The number of benzene rings is 3. The molecule has 8 heteroatoms. The van der Waals surface area contributed by atoms with Crippen LogP contribution in [0.15, 0.2) is 65.6 Å². The number of methoxy groups -OCH3 is 1. The number of hydrogen-bond donors (Lipinski definition) is 2. The van der Waals surface area contributed by atoms with E-state index in [4.69, 9.17) is 26.2 Å². The molecule has 40 heavy (non-hydrogen) atoms. The van der Waals surface area contributed by atoms with E-state index in [9.17, 15) is 14.7 Å². The minimum Gasteiger partial charge on any atom is -0.497 e. The minimum atomic E-state index is -0.854. The third-order valence-electron chi connectivity index (χ3n) is 6.52. The van der Waals surface area contributed by atoms with Gasteiger partial charge in [-0.2, -0.15) is 0 Å². The lowest BCUT2D eigenvalue weighted by Gasteiger charge is -2.15. The van der Waals surface area contributed by atoms with E-state index in [-0.39, 0.29) is 12.8 Å². The van der Waals surface area contributed by atoms with Gasteiger partial charge in [0.05, 0.1) is 13.7 Å². The molecular formula is C32H37ClO6S. The van der Waals surface area contributed by atoms with Gasteiger partial charge < -0.3 is 19.7 Å². The Morgan fingerprint density at radius 1 is 0.825 bits per heavy atom. The largest absolute Gasteiger partial charge is 0.497 e. The van der Waals surface area contributed by atoms with Crippen molar-refractivity contribution in [3.8, 4) is 22.6 Å². The molecular weight excluding hydrogens is 548 g/mol. The number of thioether (sulfide) groups is 1. The lowest BCUT2D eigenvalue weighted by molar-refractivity contribution is -0.138. The van der Waals surface area contributed by atoms with Crippen molar-refractivity contribution in [3.05, 3.63) is 76.8 Å². The second kappa shape index (κ2) is 16.8. The molecule has 0 saturated heterocycles. The van der Waals surface area contributed by atoms with Crippen LogP contribution >= 0.6 is 23.4 Å². The second-order valence-corrected chi connectivity index (χ2v) is 11.2. The third kappa shape index (κ3) is 10.8. The molecule has 6 nitrogen and oxygen atoms in total. The van der Waals surface area contributed by atoms with Crippen LogP contribution in [0.1, 0.15) is 56.1 Å². The van der Waals surface area contributed by atoms with Crippen molar-refractivity contribution >= 4 is 35.3 Å². The van der Waals surface area contributed by atoms with Gasteiger partial charge in [0.25, 0.3) is 0 Å². The average Bonchev–Trinajstić information content (AvgIpc) is 2.93. The van der Waals surface area contributed by atoms with Crippen molar-refractivity contribution in [1.29, 1.82) is 0 Å². The molecule has 0 aliphatic heterocycles. The van der Waals surface area contributed by atoms with Crippen LogP contribution in [0.2, 0.25) is 5.02 Å². The fourth-order valence-corrected chi connectivity index (χ4v) is 5.76. The predicted octanol–water partition coefficient (Wildman–Crippen LogP) is 8.17. The molecule has 0 amide bonds. The molecule has 0 aliphatic carbocycles. The summed E-state index contributed by atoms with van der Waals surface area (Å²) in [6.07, 6.45) is 6.02. The number of carbonyl (C=O) groups is 2. The Kier molecular flexibility index (Phi) is 13.2. The Labute approximate surface area is 245 Å². The van der Waals surface area contributed by atoms with E-state index in [1.165, 1.54) is 0 Å². The Hall–Kier alpha value is -3.16. The average molecular weight is 585 g/mol. The molecule has 2 N–H and O–H groups in total. The minimum absolute atomic E-state index is 0.0312. The lowest BCUT2D eigenvalue weighted by atomic mass is 9.97. The molecule has 0 aromatic heterocycles. The molecule has 214 valence electrons. The molecule has 3 rings (SSSR count). The van der Waals surface area contributed by atoms with Crippen molar-refractivity contribution in [2.45, 2.75) is 62.7 Å². The normalized spacial score (nSPS) is 10.8. The molecule has 0 aliphatic rings. The van der Waals surface area contributed by atoms with Crippen LogP contribution in [0, 0.1) is 0 Å². The van der Waals surface area contributed by atoms with Crippen LogP contribution in [0.3, 0.4) is 0 Å². The molecule has 0 heterocycles. The number of aryl methyl sites for hydroxylation is 1. The van der Waals surface area contributed by atoms with E-state index in [1.807, 2.05) is 66.4 Å². The van der Waals surface area contributed by atoms with Crippen molar-refractivity contribution in [2.75, 3.05) is 19.5 Å². The number of ether oxygens (including phenoxy) is 2. The summed E-state index contributed by atoms with van der Waals surface area (Å²) in [6, 6.07) is 19.9. The fraction of sp³-hybridized carbons (Fsp3) is 0.375. The monoisotopic (exact) mass is 584 g/mol. The zero-order valence-electron chi connectivity index (χ0n) is 22.9. The highest BCUT2D eigenvalue weighted by atomic mass is 35.5. The van der Waals surface area contributed by atoms with Gasteiger partial charge in [0.15, 0.2) is 0 Å². The van der Waals surface area contributed by atoms with Crippen LogP contribution in [0.4, 0.5) is 0 Å². The number of carboxylic acids is 2. The predicted molar refractivity (Wildman–Crippen MR) is 161 cm³/mol. The second-order valence-electron chi connectivity index (χ2n) is 9.55. The van der Waals surface area contributed by atoms with Gasteiger partial charge in [0, 0.05) is 22.8 Å². The van der Waals surface area contributed by atoms with Gasteiger partial charge in [0.2, 0.25) is 0 Å². The van der Waals surface area contributed by atoms with Crippen LogP contribution < -0.4 is 9.47 Å². The molecule has 0 atom stereocenters. The van der Waals surface area contributed by atoms with Crippen LogP contribution in [0.5, 0.6) is 11.5 Å². The maximum absolute atomic E-state index is 11.2. The summed E-state index contributed by atoms with van der Waals surface area (Å²) in [5, 5.41) is 18.8. The van der Waals surface area contributed by atoms with Gasteiger partial charge in [-0.1, -0.05) is 48.7 Å². The first-order valence-electron chi connectivity index (χ1n) is 13.6. The van der Waals surface area contributed by atoms with E-state index in [2.05, 4.69) is 6.07 Å². The number of aliphatic carboxylic acids is 2. The van der Waals surface area contributed by atoms with E-state index in [1.54, 1.807) is 7.11 Å². The first-order valence-corrected chi connectivity index (χ1v) is 15.0. The maximum Gasteiger partial charge on any atom is 0.303 e. The van der Waals surface area contributed by atoms with Crippen molar-refractivity contribution in [3.63, 3.8) is 0 Å². The smallest absolute Gasteiger partial charge is 0.303 e. The standard InChI is InChI=1S/C32H37ClO6S/c1-38-27-14-12-23(13-15-27)25-20-26(33)22-28(21-25)40-19-5-3-2-4-8-24-9-6-10-30(29(24)16-17-32(36)37)39-18-7-11-31(34)35/h6,9-10,12-15,20-22H,2-5,7-8,11,16-19H2,1H3,(H,34,35)(H,36,37). The quantitative estimate of drug-likeness (QED) is 0.115. The van der Waals surface area contributed by atoms with E-state index < -0.39 is 11.9 Å². The molecule has 3 aromatic rings. The van der Waals surface area contributed by atoms with Crippen LogP contribution in [0.25, 0.3) is 11.1 Å². The summed E-state index contributed by atoms with van der Waals surface area (Å²) in [4.78, 5) is 23.1. The Morgan fingerprint density at radius 2 is 1.57 bits per heavy atom. The van der Waals surface area contributed by atoms with E-state index >= 15 is 0 Å². The summed E-state index contributed by atoms with van der Waals surface area (Å²) in [6.45, 7) is 0.293. The zero-order valence-corrected chi connectivity index (χ0v) is 24.4. The highest BCUT2D eigenvalue weighted by Crippen LogP contribution is 2.31. The van der Waals surface area contributed by atoms with Gasteiger partial charge in [-0.05, 0) is 96.5 Å². The van der Waals surface area contributed by atoms with E-state index in [0.717, 1.165) is 75.8 Å². The topological polar surface area (TPSA) is 93.1 Å². The Bertz CT molecular complexity index is 1240. The molecule has 3 aromatic carbocycles.